The molecule has 0 radical (unpaired) electrons. The fourth-order valence-electron chi connectivity index (χ4n) is 1.76. The third-order valence-corrected chi connectivity index (χ3v) is 4.53. The van der Waals surface area contributed by atoms with E-state index in [1.807, 2.05) is 30.3 Å². The van der Waals surface area contributed by atoms with Gasteiger partial charge in [0.2, 0.25) is 0 Å². The zero-order valence-electron chi connectivity index (χ0n) is 9.84. The number of benzene rings is 1. The number of nitrogens with one attached hydrogen (secondary N) is 2. The first kappa shape index (κ1) is 12.2. The highest BCUT2D eigenvalue weighted by atomic mass is 32.2. The summed E-state index contributed by atoms with van der Waals surface area (Å²) in [6.45, 7) is 0. The number of thiophene rings is 1. The molecule has 3 nitrogen and oxygen atoms in total. The third kappa shape index (κ3) is 2.62. The van der Waals surface area contributed by atoms with Crippen molar-refractivity contribution in [2.45, 2.75) is 0 Å². The molecule has 2 N–H and O–H groups in total. The molecule has 19 heavy (non-hydrogen) atoms. The smallest absolute Gasteiger partial charge is 0.264 e. The van der Waals surface area contributed by atoms with Crippen LogP contribution in [0.1, 0.15) is 4.88 Å². The fraction of sp³-hybridized carbons (Fsp3) is 0. The van der Waals surface area contributed by atoms with Crippen LogP contribution in [-0.2, 0) is 4.79 Å². The van der Waals surface area contributed by atoms with Crippen molar-refractivity contribution >= 4 is 40.2 Å². The molecule has 2 heterocycles. The van der Waals surface area contributed by atoms with E-state index in [9.17, 15) is 4.79 Å². The molecule has 0 saturated carbocycles. The molecule has 0 unspecified atom stereocenters. The average molecular weight is 286 g/mol. The molecule has 3 rings (SSSR count). The molecule has 1 aromatic carbocycles. The van der Waals surface area contributed by atoms with Crippen molar-refractivity contribution in [2.75, 3.05) is 0 Å². The van der Waals surface area contributed by atoms with Gasteiger partial charge < -0.3 is 5.32 Å². The van der Waals surface area contributed by atoms with Gasteiger partial charge in [-0.05, 0) is 35.5 Å². The molecule has 1 aliphatic rings. The highest BCUT2D eigenvalue weighted by Gasteiger charge is 2.22. The minimum atomic E-state index is -0.190. The first-order chi connectivity index (χ1) is 9.22. The molecule has 1 amide bonds. The number of amides is 1. The summed E-state index contributed by atoms with van der Waals surface area (Å²) >= 11 is 2.80. The highest BCUT2D eigenvalue weighted by molar-refractivity contribution is 8.18. The van der Waals surface area contributed by atoms with E-state index in [0.717, 1.165) is 16.6 Å². The normalized spacial score (nSPS) is 16.9. The van der Waals surface area contributed by atoms with E-state index in [-0.39, 0.29) is 11.1 Å². The van der Waals surface area contributed by atoms with Crippen molar-refractivity contribution in [1.29, 1.82) is 5.41 Å². The van der Waals surface area contributed by atoms with Gasteiger partial charge in [-0.3, -0.25) is 10.2 Å². The summed E-state index contributed by atoms with van der Waals surface area (Å²) in [6.07, 6.45) is 1.83. The Bertz CT molecular complexity index is 674. The van der Waals surface area contributed by atoms with Gasteiger partial charge in [0.1, 0.15) is 0 Å². The Balaban J connectivity index is 1.89. The summed E-state index contributed by atoms with van der Waals surface area (Å²) in [5.41, 5.74) is 1.17. The van der Waals surface area contributed by atoms with Gasteiger partial charge in [-0.1, -0.05) is 30.3 Å². The van der Waals surface area contributed by atoms with Crippen LogP contribution in [0, 0.1) is 5.41 Å². The van der Waals surface area contributed by atoms with Crippen LogP contribution in [0.5, 0.6) is 0 Å². The number of thioether (sulfide) groups is 1. The third-order valence-electron chi connectivity index (χ3n) is 2.62. The van der Waals surface area contributed by atoms with Crippen molar-refractivity contribution in [2.24, 2.45) is 0 Å². The van der Waals surface area contributed by atoms with Crippen LogP contribution in [0.15, 0.2) is 47.4 Å². The summed E-state index contributed by atoms with van der Waals surface area (Å²) in [7, 11) is 0. The lowest BCUT2D eigenvalue weighted by molar-refractivity contribution is -0.115. The molecule has 1 aliphatic heterocycles. The van der Waals surface area contributed by atoms with Crippen LogP contribution in [0.25, 0.3) is 16.5 Å². The topological polar surface area (TPSA) is 53.0 Å². The Hall–Kier alpha value is -1.85. The van der Waals surface area contributed by atoms with Crippen molar-refractivity contribution in [3.63, 3.8) is 0 Å². The molecule has 5 heteroatoms. The summed E-state index contributed by atoms with van der Waals surface area (Å²) < 4.78 is 0. The molecule has 2 aromatic rings. The summed E-state index contributed by atoms with van der Waals surface area (Å²) in [5.74, 6) is -0.190. The molecular weight excluding hydrogens is 276 g/mol. The minimum absolute atomic E-state index is 0.190. The maximum atomic E-state index is 11.5. The number of hydrogen-bond donors (Lipinski definition) is 2. The molecule has 1 saturated heterocycles. The van der Waals surface area contributed by atoms with Crippen molar-refractivity contribution in [3.05, 3.63) is 52.2 Å². The second kappa shape index (κ2) is 5.03. The lowest BCUT2D eigenvalue weighted by atomic mass is 10.2. The van der Waals surface area contributed by atoms with E-state index < -0.39 is 0 Å². The molecule has 0 atom stereocenters. The molecule has 1 fully saturated rings. The van der Waals surface area contributed by atoms with Gasteiger partial charge in [-0.15, -0.1) is 11.3 Å². The van der Waals surface area contributed by atoms with Gasteiger partial charge in [0.05, 0.1) is 4.91 Å². The summed E-state index contributed by atoms with van der Waals surface area (Å²) in [4.78, 5) is 14.3. The molecule has 0 bridgehead atoms. The second-order valence-corrected chi connectivity index (χ2v) is 6.13. The Morgan fingerprint density at radius 1 is 1.11 bits per heavy atom. The monoisotopic (exact) mass is 286 g/mol. The van der Waals surface area contributed by atoms with E-state index in [1.165, 1.54) is 10.4 Å². The van der Waals surface area contributed by atoms with Gasteiger partial charge in [-0.2, -0.15) is 0 Å². The second-order valence-electron chi connectivity index (χ2n) is 3.96. The first-order valence-electron chi connectivity index (χ1n) is 5.67. The van der Waals surface area contributed by atoms with Gasteiger partial charge >= 0.3 is 0 Å². The Morgan fingerprint density at radius 3 is 2.58 bits per heavy atom. The molecule has 0 spiro atoms. The van der Waals surface area contributed by atoms with Gasteiger partial charge in [0, 0.05) is 9.75 Å². The first-order valence-corrected chi connectivity index (χ1v) is 7.30. The summed E-state index contributed by atoms with van der Waals surface area (Å²) in [5, 5.41) is 10.1. The van der Waals surface area contributed by atoms with E-state index in [0.29, 0.717) is 4.91 Å². The molecule has 0 aliphatic carbocycles. The molecule has 1 aromatic heterocycles. The van der Waals surface area contributed by atoms with E-state index >= 15 is 0 Å². The number of amidine groups is 1. The van der Waals surface area contributed by atoms with Gasteiger partial charge in [-0.25, -0.2) is 0 Å². The number of carbonyl (C=O) groups is 1. The van der Waals surface area contributed by atoms with Crippen molar-refractivity contribution in [1.82, 2.24) is 5.32 Å². The van der Waals surface area contributed by atoms with E-state index in [2.05, 4.69) is 23.5 Å². The van der Waals surface area contributed by atoms with Crippen LogP contribution in [-0.4, -0.2) is 11.1 Å². The van der Waals surface area contributed by atoms with E-state index in [1.54, 1.807) is 11.3 Å². The van der Waals surface area contributed by atoms with Crippen LogP contribution in [0.2, 0.25) is 0 Å². The zero-order chi connectivity index (χ0) is 13.2. The predicted molar refractivity (Wildman–Crippen MR) is 81.2 cm³/mol. The standard InChI is InChI=1S/C14H10N2OS2/c15-14-16-13(17)12(19-14)8-10-6-7-11(18-10)9-4-2-1-3-5-9/h1-8H,(H2,15,16,17)/b12-8+. The molecular formula is C14H10N2OS2. The van der Waals surface area contributed by atoms with E-state index in [4.69, 9.17) is 5.41 Å². The number of hydrogen-bond acceptors (Lipinski definition) is 4. The van der Waals surface area contributed by atoms with Crippen LogP contribution < -0.4 is 5.32 Å². The van der Waals surface area contributed by atoms with Crippen molar-refractivity contribution < 1.29 is 4.79 Å². The Morgan fingerprint density at radius 2 is 1.89 bits per heavy atom. The lowest BCUT2D eigenvalue weighted by Gasteiger charge is -1.94. The quantitative estimate of drug-likeness (QED) is 0.829. The highest BCUT2D eigenvalue weighted by Crippen LogP contribution is 2.32. The maximum absolute atomic E-state index is 11.5. The van der Waals surface area contributed by atoms with Crippen LogP contribution in [0.4, 0.5) is 0 Å². The fourth-order valence-corrected chi connectivity index (χ4v) is 3.48. The Kier molecular flexibility index (Phi) is 3.23. The van der Waals surface area contributed by atoms with Crippen molar-refractivity contribution in [3.8, 4) is 10.4 Å². The van der Waals surface area contributed by atoms with Crippen LogP contribution >= 0.6 is 23.1 Å². The minimum Gasteiger partial charge on any atom is -0.301 e. The van der Waals surface area contributed by atoms with Gasteiger partial charge in [0.15, 0.2) is 5.17 Å². The predicted octanol–water partition coefficient (Wildman–Crippen LogP) is 3.55. The molecule has 94 valence electrons. The van der Waals surface area contributed by atoms with Gasteiger partial charge in [0.25, 0.3) is 5.91 Å². The number of rotatable bonds is 2. The zero-order valence-corrected chi connectivity index (χ0v) is 11.5. The Labute approximate surface area is 118 Å². The SMILES string of the molecule is N=C1NC(=O)/C(=C\c2ccc(-c3ccccc3)s2)S1. The van der Waals surface area contributed by atoms with Crippen LogP contribution in [0.3, 0.4) is 0 Å². The lowest BCUT2D eigenvalue weighted by Crippen LogP contribution is -2.18. The maximum Gasteiger partial charge on any atom is 0.264 e. The largest absolute Gasteiger partial charge is 0.301 e. The number of carbonyl (C=O) groups excluding carboxylic acids is 1. The average Bonchev–Trinajstić information content (AvgIpc) is 2.99. The summed E-state index contributed by atoms with van der Waals surface area (Å²) in [6, 6.07) is 14.2.